The van der Waals surface area contributed by atoms with Crippen LogP contribution in [-0.2, 0) is 14.4 Å². The SMILES string of the molecule is C[C@@H](CC(=O)CCC(F)(F)F)C(=O)N[C@H]1C(=O)N(CCO)c2ncccc2-c2ccccc21. The minimum absolute atomic E-state index is 0.0469. The number of pyridine rings is 1. The Morgan fingerprint density at radius 1 is 1.18 bits per heavy atom. The third-order valence-corrected chi connectivity index (χ3v) is 5.40. The van der Waals surface area contributed by atoms with Crippen molar-refractivity contribution in [3.05, 3.63) is 48.2 Å². The number of halogens is 3. The summed E-state index contributed by atoms with van der Waals surface area (Å²) in [6, 6.07) is 9.35. The molecule has 2 N–H and O–H groups in total. The van der Waals surface area contributed by atoms with Crippen LogP contribution in [0.2, 0.25) is 0 Å². The summed E-state index contributed by atoms with van der Waals surface area (Å²) >= 11 is 0. The Morgan fingerprint density at radius 2 is 1.88 bits per heavy atom. The maximum absolute atomic E-state index is 13.4. The van der Waals surface area contributed by atoms with E-state index in [1.54, 1.807) is 36.4 Å². The van der Waals surface area contributed by atoms with Gasteiger partial charge in [-0.25, -0.2) is 4.98 Å². The molecule has 1 aromatic carbocycles. The Morgan fingerprint density at radius 3 is 2.58 bits per heavy atom. The second-order valence-corrected chi connectivity index (χ2v) is 7.88. The first-order valence-electron chi connectivity index (χ1n) is 10.5. The Bertz CT molecular complexity index is 1040. The highest BCUT2D eigenvalue weighted by Gasteiger charge is 2.36. The van der Waals surface area contributed by atoms with E-state index < -0.39 is 48.6 Å². The zero-order valence-electron chi connectivity index (χ0n) is 17.9. The second-order valence-electron chi connectivity index (χ2n) is 7.88. The molecule has 3 rings (SSSR count). The molecule has 0 spiro atoms. The van der Waals surface area contributed by atoms with Crippen LogP contribution in [0.1, 0.15) is 37.8 Å². The van der Waals surface area contributed by atoms with Crippen LogP contribution in [0.4, 0.5) is 19.0 Å². The van der Waals surface area contributed by atoms with Crippen molar-refractivity contribution < 1.29 is 32.7 Å². The number of anilines is 1. The minimum atomic E-state index is -4.45. The number of nitrogens with one attached hydrogen (secondary N) is 1. The molecule has 10 heteroatoms. The molecule has 0 aliphatic carbocycles. The Kier molecular flexibility index (Phi) is 7.47. The molecule has 0 bridgehead atoms. The lowest BCUT2D eigenvalue weighted by atomic mass is 9.95. The molecule has 176 valence electrons. The smallest absolute Gasteiger partial charge is 0.389 e. The van der Waals surface area contributed by atoms with E-state index in [0.717, 1.165) is 0 Å². The standard InChI is InChI=1S/C23H24F3N3O4/c1-14(13-15(31)8-9-23(24,25)26)21(32)28-19-17-6-3-2-5-16(17)18-7-4-10-27-20(18)29(11-12-30)22(19)33/h2-7,10,14,19,30H,8-9,11-13H2,1H3,(H,28,32)/t14-,19+/m0/s1. The molecule has 2 heterocycles. The van der Waals surface area contributed by atoms with E-state index in [1.807, 2.05) is 0 Å². The largest absolute Gasteiger partial charge is 0.395 e. The Balaban J connectivity index is 1.85. The van der Waals surface area contributed by atoms with Crippen molar-refractivity contribution in [3.8, 4) is 11.1 Å². The van der Waals surface area contributed by atoms with Crippen molar-refractivity contribution in [1.29, 1.82) is 0 Å². The molecular weight excluding hydrogens is 439 g/mol. The summed E-state index contributed by atoms with van der Waals surface area (Å²) in [6.45, 7) is 1.05. The number of fused-ring (bicyclic) bond motifs is 3. The maximum atomic E-state index is 13.4. The summed E-state index contributed by atoms with van der Waals surface area (Å²) in [7, 11) is 0. The minimum Gasteiger partial charge on any atom is -0.395 e. The van der Waals surface area contributed by atoms with Crippen molar-refractivity contribution in [1.82, 2.24) is 10.3 Å². The number of amides is 2. The van der Waals surface area contributed by atoms with E-state index in [4.69, 9.17) is 0 Å². The van der Waals surface area contributed by atoms with Gasteiger partial charge in [-0.2, -0.15) is 13.2 Å². The van der Waals surface area contributed by atoms with Crippen LogP contribution < -0.4 is 10.2 Å². The number of nitrogens with zero attached hydrogens (tertiary/aromatic N) is 2. The summed E-state index contributed by atoms with van der Waals surface area (Å²) in [5, 5.41) is 12.2. The van der Waals surface area contributed by atoms with Crippen LogP contribution in [-0.4, -0.2) is 47.0 Å². The fraction of sp³-hybridized carbons (Fsp3) is 0.391. The molecule has 33 heavy (non-hydrogen) atoms. The summed E-state index contributed by atoms with van der Waals surface area (Å²) in [5.41, 5.74) is 1.84. The number of ketones is 1. The zero-order valence-corrected chi connectivity index (χ0v) is 17.9. The lowest BCUT2D eigenvalue weighted by molar-refractivity contribution is -0.144. The van der Waals surface area contributed by atoms with Gasteiger partial charge in [-0.3, -0.25) is 19.3 Å². The summed E-state index contributed by atoms with van der Waals surface area (Å²) in [4.78, 5) is 43.8. The van der Waals surface area contributed by atoms with Crippen molar-refractivity contribution in [2.24, 2.45) is 5.92 Å². The van der Waals surface area contributed by atoms with Crippen LogP contribution in [0.25, 0.3) is 11.1 Å². The summed E-state index contributed by atoms with van der Waals surface area (Å²) < 4.78 is 37.1. The Hall–Kier alpha value is -3.27. The highest BCUT2D eigenvalue weighted by atomic mass is 19.4. The molecule has 1 aromatic heterocycles. The average Bonchev–Trinajstić information content (AvgIpc) is 2.87. The third-order valence-electron chi connectivity index (χ3n) is 5.40. The topological polar surface area (TPSA) is 99.6 Å². The number of carbonyl (C=O) groups is 3. The molecule has 1 aliphatic rings. The number of carbonyl (C=O) groups excluding carboxylic acids is 3. The first-order valence-corrected chi connectivity index (χ1v) is 10.5. The zero-order chi connectivity index (χ0) is 24.2. The molecule has 2 amide bonds. The predicted molar refractivity (Wildman–Crippen MR) is 114 cm³/mol. The fourth-order valence-corrected chi connectivity index (χ4v) is 3.77. The van der Waals surface area contributed by atoms with Crippen LogP contribution in [0.15, 0.2) is 42.6 Å². The van der Waals surface area contributed by atoms with Crippen LogP contribution in [0, 0.1) is 5.92 Å². The molecule has 0 saturated carbocycles. The average molecular weight is 463 g/mol. The molecule has 2 atom stereocenters. The Labute approximate surface area is 188 Å². The van der Waals surface area contributed by atoms with E-state index in [2.05, 4.69) is 10.3 Å². The number of aliphatic hydroxyl groups is 1. The first kappa shape index (κ1) is 24.4. The molecule has 0 radical (unpaired) electrons. The quantitative estimate of drug-likeness (QED) is 0.627. The van der Waals surface area contributed by atoms with Crippen LogP contribution >= 0.6 is 0 Å². The maximum Gasteiger partial charge on any atom is 0.389 e. The molecule has 0 saturated heterocycles. The molecule has 0 fully saturated rings. The van der Waals surface area contributed by atoms with Crippen molar-refractivity contribution in [3.63, 3.8) is 0 Å². The highest BCUT2D eigenvalue weighted by molar-refractivity contribution is 6.05. The van der Waals surface area contributed by atoms with Gasteiger partial charge in [0.15, 0.2) is 0 Å². The van der Waals surface area contributed by atoms with Crippen molar-refractivity contribution >= 4 is 23.4 Å². The predicted octanol–water partition coefficient (Wildman–Crippen LogP) is 3.18. The summed E-state index contributed by atoms with van der Waals surface area (Å²) in [5.74, 6) is -2.41. The van der Waals surface area contributed by atoms with Gasteiger partial charge in [-0.05, 0) is 23.3 Å². The van der Waals surface area contributed by atoms with Gasteiger partial charge in [0.25, 0.3) is 5.91 Å². The molecule has 0 unspecified atom stereocenters. The molecule has 1 aliphatic heterocycles. The normalized spacial score (nSPS) is 16.5. The van der Waals surface area contributed by atoms with Gasteiger partial charge in [0.1, 0.15) is 17.6 Å². The number of aliphatic hydroxyl groups excluding tert-OH is 1. The van der Waals surface area contributed by atoms with Gasteiger partial charge in [-0.15, -0.1) is 0 Å². The number of β-amino-alcohol motifs (C(OH)–C–C–N with tert-alkyl or cyclic N) is 1. The van der Waals surface area contributed by atoms with E-state index in [-0.39, 0.29) is 19.6 Å². The third kappa shape index (κ3) is 5.75. The number of alkyl halides is 3. The van der Waals surface area contributed by atoms with E-state index in [1.165, 1.54) is 18.0 Å². The number of benzene rings is 1. The van der Waals surface area contributed by atoms with Crippen LogP contribution in [0.5, 0.6) is 0 Å². The lowest BCUT2D eigenvalue weighted by Crippen LogP contribution is -2.45. The number of hydrogen-bond donors (Lipinski definition) is 2. The number of aromatic nitrogens is 1. The van der Waals surface area contributed by atoms with Crippen molar-refractivity contribution in [2.75, 3.05) is 18.1 Å². The molecule has 2 aromatic rings. The van der Waals surface area contributed by atoms with Gasteiger partial charge in [-0.1, -0.05) is 31.2 Å². The van der Waals surface area contributed by atoms with Gasteiger partial charge in [0, 0.05) is 30.5 Å². The second kappa shape index (κ2) is 10.1. The first-order chi connectivity index (χ1) is 15.6. The fourth-order valence-electron chi connectivity index (χ4n) is 3.77. The van der Waals surface area contributed by atoms with E-state index in [9.17, 15) is 32.7 Å². The number of Topliss-reactive ketones (excluding diaryl/α,β-unsaturated/α-hetero) is 1. The van der Waals surface area contributed by atoms with E-state index in [0.29, 0.717) is 22.5 Å². The molecular formula is C23H24F3N3O4. The van der Waals surface area contributed by atoms with E-state index >= 15 is 0 Å². The van der Waals surface area contributed by atoms with Crippen molar-refractivity contribution in [2.45, 2.75) is 38.4 Å². The lowest BCUT2D eigenvalue weighted by Gasteiger charge is -2.26. The van der Waals surface area contributed by atoms with Gasteiger partial charge in [0.05, 0.1) is 19.6 Å². The monoisotopic (exact) mass is 463 g/mol. The molecule has 7 nitrogen and oxygen atoms in total. The highest BCUT2D eigenvalue weighted by Crippen LogP contribution is 2.38. The van der Waals surface area contributed by atoms with Gasteiger partial charge >= 0.3 is 6.18 Å². The number of rotatable bonds is 8. The van der Waals surface area contributed by atoms with Gasteiger partial charge in [0.2, 0.25) is 5.91 Å². The van der Waals surface area contributed by atoms with Crippen LogP contribution in [0.3, 0.4) is 0 Å². The summed E-state index contributed by atoms with van der Waals surface area (Å²) in [6.07, 6.45) is -5.23. The number of hydrogen-bond acceptors (Lipinski definition) is 5. The van der Waals surface area contributed by atoms with Gasteiger partial charge < -0.3 is 10.4 Å².